The van der Waals surface area contributed by atoms with Crippen LogP contribution in [0, 0.1) is 5.82 Å². The Morgan fingerprint density at radius 2 is 1.78 bits per heavy atom. The van der Waals surface area contributed by atoms with Gasteiger partial charge in [-0.25, -0.2) is 22.9 Å². The minimum absolute atomic E-state index is 0.108. The van der Waals surface area contributed by atoms with Gasteiger partial charge in [-0.05, 0) is 48.5 Å². The fraction of sp³-hybridized carbons (Fsp3) is 0.0455. The molecule has 0 radical (unpaired) electrons. The summed E-state index contributed by atoms with van der Waals surface area (Å²) in [7, 11) is -3.87. The van der Waals surface area contributed by atoms with Gasteiger partial charge in [0, 0.05) is 22.8 Å². The molecule has 0 unspecified atom stereocenters. The van der Waals surface area contributed by atoms with Crippen LogP contribution in [0.2, 0.25) is 0 Å². The van der Waals surface area contributed by atoms with Crippen LogP contribution < -0.4 is 16.0 Å². The molecule has 162 valence electrons. The number of benzene rings is 2. The zero-order valence-electron chi connectivity index (χ0n) is 16.5. The molecule has 1 amide bonds. The van der Waals surface area contributed by atoms with Crippen molar-refractivity contribution in [3.8, 4) is 0 Å². The van der Waals surface area contributed by atoms with Crippen LogP contribution in [0.4, 0.5) is 10.1 Å². The highest BCUT2D eigenvalue weighted by Gasteiger charge is 2.18. The van der Waals surface area contributed by atoms with Gasteiger partial charge in [-0.2, -0.15) is 0 Å². The van der Waals surface area contributed by atoms with Crippen LogP contribution in [0.1, 0.15) is 15.9 Å². The maximum Gasteiger partial charge on any atom is 0.265 e. The van der Waals surface area contributed by atoms with E-state index < -0.39 is 27.3 Å². The van der Waals surface area contributed by atoms with Crippen LogP contribution in [0.15, 0.2) is 82.6 Å². The van der Waals surface area contributed by atoms with E-state index in [9.17, 15) is 22.4 Å². The molecule has 0 bridgehead atoms. The van der Waals surface area contributed by atoms with Crippen LogP contribution in [0.3, 0.4) is 0 Å². The molecule has 0 spiro atoms. The molecule has 2 aromatic heterocycles. The van der Waals surface area contributed by atoms with E-state index in [1.807, 2.05) is 0 Å². The van der Waals surface area contributed by atoms with Gasteiger partial charge in [-0.15, -0.1) is 0 Å². The minimum atomic E-state index is -3.87. The monoisotopic (exact) mass is 452 g/mol. The Balaban J connectivity index is 1.74. The number of pyridine rings is 2. The van der Waals surface area contributed by atoms with Crippen LogP contribution in [0.25, 0.3) is 11.0 Å². The second kappa shape index (κ2) is 8.33. The molecule has 8 nitrogen and oxygen atoms in total. The Hall–Kier alpha value is -3.89. The molecule has 10 heteroatoms. The summed E-state index contributed by atoms with van der Waals surface area (Å²) in [5, 5.41) is 8.16. The number of hydrogen-bond acceptors (Lipinski definition) is 5. The second-order valence-electron chi connectivity index (χ2n) is 6.98. The van der Waals surface area contributed by atoms with E-state index in [1.165, 1.54) is 47.2 Å². The number of fused-ring (bicyclic) bond motifs is 1. The first-order chi connectivity index (χ1) is 15.2. The molecule has 0 aliphatic carbocycles. The number of nitrogens with two attached hydrogens (primary N) is 1. The summed E-state index contributed by atoms with van der Waals surface area (Å²) in [6.45, 7) is -0.108. The Morgan fingerprint density at radius 3 is 2.47 bits per heavy atom. The maximum atomic E-state index is 14.2. The number of hydrogen-bond donors (Lipinski definition) is 2. The number of primary sulfonamides is 1. The third kappa shape index (κ3) is 4.27. The van der Waals surface area contributed by atoms with Crippen molar-refractivity contribution in [1.29, 1.82) is 0 Å². The Labute approximate surface area is 182 Å². The number of anilines is 1. The summed E-state index contributed by atoms with van der Waals surface area (Å²) in [5.74, 6) is -1.18. The molecule has 0 atom stereocenters. The quantitative estimate of drug-likeness (QED) is 0.481. The first kappa shape index (κ1) is 21.3. The van der Waals surface area contributed by atoms with Crippen molar-refractivity contribution >= 4 is 32.7 Å². The second-order valence-corrected chi connectivity index (χ2v) is 8.54. The summed E-state index contributed by atoms with van der Waals surface area (Å²) in [6.07, 6.45) is 1.51. The number of nitrogens with zero attached hydrogens (tertiary/aromatic N) is 2. The molecule has 0 saturated carbocycles. The van der Waals surface area contributed by atoms with E-state index in [0.717, 1.165) is 0 Å². The Kier molecular flexibility index (Phi) is 5.56. The summed E-state index contributed by atoms with van der Waals surface area (Å²) in [6, 6.07) is 16.0. The van der Waals surface area contributed by atoms with E-state index >= 15 is 0 Å². The van der Waals surface area contributed by atoms with E-state index in [2.05, 4.69) is 10.3 Å². The van der Waals surface area contributed by atoms with Gasteiger partial charge in [0.05, 0.1) is 11.4 Å². The molecule has 3 N–H and O–H groups in total. The van der Waals surface area contributed by atoms with Gasteiger partial charge in [0.1, 0.15) is 17.0 Å². The Bertz CT molecular complexity index is 1500. The highest BCUT2D eigenvalue weighted by atomic mass is 32.2. The summed E-state index contributed by atoms with van der Waals surface area (Å²) in [4.78, 5) is 30.1. The molecule has 4 rings (SSSR count). The molecule has 0 aliphatic heterocycles. The number of nitrogens with one attached hydrogen (secondary N) is 1. The number of halogens is 1. The normalized spacial score (nSPS) is 11.4. The first-order valence-corrected chi connectivity index (χ1v) is 10.9. The molecule has 4 aromatic rings. The van der Waals surface area contributed by atoms with Crippen molar-refractivity contribution in [1.82, 2.24) is 9.55 Å². The Morgan fingerprint density at radius 1 is 1.06 bits per heavy atom. The van der Waals surface area contributed by atoms with Gasteiger partial charge in [0.15, 0.2) is 0 Å². The molecule has 2 heterocycles. The predicted molar refractivity (Wildman–Crippen MR) is 117 cm³/mol. The van der Waals surface area contributed by atoms with Crippen molar-refractivity contribution < 1.29 is 17.6 Å². The predicted octanol–water partition coefficient (Wildman–Crippen LogP) is 2.48. The standard InChI is InChI=1S/C22H17FN4O4S/c23-19-6-2-1-4-15(19)13-27-20-14(5-3-11-25-20)12-18(22(27)29)21(28)26-16-7-9-17(10-8-16)32(24,30)31/h1-12H,13H2,(H,26,28)(H2,24,30,31). The lowest BCUT2D eigenvalue weighted by atomic mass is 10.1. The van der Waals surface area contributed by atoms with Gasteiger partial charge in [-0.1, -0.05) is 18.2 Å². The fourth-order valence-electron chi connectivity index (χ4n) is 3.24. The third-order valence-corrected chi connectivity index (χ3v) is 5.75. The van der Waals surface area contributed by atoms with Crippen LogP contribution in [-0.4, -0.2) is 23.9 Å². The first-order valence-electron chi connectivity index (χ1n) is 9.40. The summed E-state index contributed by atoms with van der Waals surface area (Å²) >= 11 is 0. The third-order valence-electron chi connectivity index (χ3n) is 4.82. The highest BCUT2D eigenvalue weighted by molar-refractivity contribution is 7.89. The number of carbonyl (C=O) groups excluding carboxylic acids is 1. The molecule has 0 saturated heterocycles. The zero-order valence-corrected chi connectivity index (χ0v) is 17.3. The lowest BCUT2D eigenvalue weighted by Crippen LogP contribution is -2.30. The smallest absolute Gasteiger partial charge is 0.265 e. The van der Waals surface area contributed by atoms with Crippen LogP contribution >= 0.6 is 0 Å². The lowest BCUT2D eigenvalue weighted by molar-refractivity contribution is 0.102. The number of aromatic nitrogens is 2. The zero-order chi connectivity index (χ0) is 22.9. The number of sulfonamides is 1. The van der Waals surface area contributed by atoms with Gasteiger partial charge >= 0.3 is 0 Å². The van der Waals surface area contributed by atoms with Crippen molar-refractivity contribution in [2.75, 3.05) is 5.32 Å². The molecule has 0 aliphatic rings. The summed E-state index contributed by atoms with van der Waals surface area (Å²) in [5.41, 5.74) is 0.0525. The minimum Gasteiger partial charge on any atom is -0.322 e. The number of rotatable bonds is 5. The maximum absolute atomic E-state index is 14.2. The molecule has 2 aromatic carbocycles. The van der Waals surface area contributed by atoms with Crippen molar-refractivity contribution in [3.05, 3.63) is 100 Å². The largest absolute Gasteiger partial charge is 0.322 e. The SMILES string of the molecule is NS(=O)(=O)c1ccc(NC(=O)c2cc3cccnc3n(Cc3ccccc3F)c2=O)cc1. The van der Waals surface area contributed by atoms with Crippen molar-refractivity contribution in [2.45, 2.75) is 11.4 Å². The van der Waals surface area contributed by atoms with Gasteiger partial charge in [0.25, 0.3) is 11.5 Å². The molecule has 0 fully saturated rings. The number of carbonyl (C=O) groups is 1. The van der Waals surface area contributed by atoms with E-state index in [0.29, 0.717) is 11.0 Å². The van der Waals surface area contributed by atoms with Gasteiger partial charge in [0.2, 0.25) is 10.0 Å². The molecular formula is C22H17FN4O4S. The summed E-state index contributed by atoms with van der Waals surface area (Å²) < 4.78 is 38.2. The highest BCUT2D eigenvalue weighted by Crippen LogP contribution is 2.17. The van der Waals surface area contributed by atoms with Gasteiger partial charge < -0.3 is 5.32 Å². The molecule has 32 heavy (non-hydrogen) atoms. The van der Waals surface area contributed by atoms with Gasteiger partial charge in [-0.3, -0.25) is 14.2 Å². The van der Waals surface area contributed by atoms with Crippen LogP contribution in [-0.2, 0) is 16.6 Å². The van der Waals surface area contributed by atoms with E-state index in [4.69, 9.17) is 5.14 Å². The number of amides is 1. The average Bonchev–Trinajstić information content (AvgIpc) is 2.76. The fourth-order valence-corrected chi connectivity index (χ4v) is 3.75. The molecular weight excluding hydrogens is 435 g/mol. The van der Waals surface area contributed by atoms with Crippen molar-refractivity contribution in [2.24, 2.45) is 5.14 Å². The van der Waals surface area contributed by atoms with E-state index in [-0.39, 0.29) is 28.3 Å². The average molecular weight is 452 g/mol. The van der Waals surface area contributed by atoms with Crippen molar-refractivity contribution in [3.63, 3.8) is 0 Å². The lowest BCUT2D eigenvalue weighted by Gasteiger charge is -2.13. The van der Waals surface area contributed by atoms with E-state index in [1.54, 1.807) is 30.3 Å². The topological polar surface area (TPSA) is 124 Å². The van der Waals surface area contributed by atoms with Crippen LogP contribution in [0.5, 0.6) is 0 Å².